The Morgan fingerprint density at radius 1 is 1.11 bits per heavy atom. The summed E-state index contributed by atoms with van der Waals surface area (Å²) in [5.41, 5.74) is 0. The highest BCUT2D eigenvalue weighted by molar-refractivity contribution is 5.65. The van der Waals surface area contributed by atoms with E-state index in [-0.39, 0.29) is 6.61 Å². The van der Waals surface area contributed by atoms with Gasteiger partial charge in [-0.15, -0.1) is 0 Å². The number of ether oxygens (including phenoxy) is 5. The number of hydrogen-bond donors (Lipinski definition) is 0. The maximum Gasteiger partial charge on any atom is 0.302 e. The predicted octanol–water partition coefficient (Wildman–Crippen LogP) is 0.289. The van der Waals surface area contributed by atoms with Gasteiger partial charge < -0.3 is 23.7 Å². The Morgan fingerprint density at radius 3 is 2.11 bits per heavy atom. The highest BCUT2D eigenvalue weighted by atomic mass is 19.1. The Kier molecular flexibility index (Phi) is 5.94. The maximum absolute atomic E-state index is 13.7. The molecule has 106 valence electrons. The first kappa shape index (κ1) is 15.3. The lowest BCUT2D eigenvalue weighted by Crippen LogP contribution is -2.59. The molecule has 0 N–H and O–H groups in total. The Balaban J connectivity index is 2.76. The number of esters is 1. The summed E-state index contributed by atoms with van der Waals surface area (Å²) >= 11 is 0. The lowest BCUT2D eigenvalue weighted by molar-refractivity contribution is -0.279. The minimum Gasteiger partial charge on any atom is -0.463 e. The van der Waals surface area contributed by atoms with Gasteiger partial charge in [-0.3, -0.25) is 4.79 Å². The van der Waals surface area contributed by atoms with Gasteiger partial charge in [0, 0.05) is 28.3 Å². The predicted molar refractivity (Wildman–Crippen MR) is 58.8 cm³/mol. The van der Waals surface area contributed by atoms with Gasteiger partial charge in [-0.05, 0) is 0 Å². The Labute approximate surface area is 105 Å². The largest absolute Gasteiger partial charge is 0.463 e. The van der Waals surface area contributed by atoms with Gasteiger partial charge >= 0.3 is 5.97 Å². The number of carbonyl (C=O) groups is 1. The van der Waals surface area contributed by atoms with E-state index in [2.05, 4.69) is 0 Å². The quantitative estimate of drug-likeness (QED) is 0.666. The van der Waals surface area contributed by atoms with Crippen LogP contribution in [0.2, 0.25) is 0 Å². The minimum absolute atomic E-state index is 0.0927. The SMILES string of the molecule is CO[C@@H]1[C@H](OC)[C@@H](F)O[C@H](COC(C)=O)[C@H]1OC. The first-order valence-corrected chi connectivity index (χ1v) is 5.56. The van der Waals surface area contributed by atoms with Crippen molar-refractivity contribution in [1.82, 2.24) is 0 Å². The summed E-state index contributed by atoms with van der Waals surface area (Å²) in [5.74, 6) is -0.466. The van der Waals surface area contributed by atoms with Gasteiger partial charge in [0.1, 0.15) is 31.0 Å². The van der Waals surface area contributed by atoms with Crippen LogP contribution in [0.5, 0.6) is 0 Å². The van der Waals surface area contributed by atoms with E-state index in [1.807, 2.05) is 0 Å². The maximum atomic E-state index is 13.7. The molecule has 0 radical (unpaired) electrons. The molecule has 1 aliphatic heterocycles. The van der Waals surface area contributed by atoms with Gasteiger partial charge in [0.05, 0.1) is 0 Å². The van der Waals surface area contributed by atoms with E-state index >= 15 is 0 Å². The van der Waals surface area contributed by atoms with Gasteiger partial charge in [0.2, 0.25) is 6.36 Å². The van der Waals surface area contributed by atoms with Crippen molar-refractivity contribution in [2.75, 3.05) is 27.9 Å². The monoisotopic (exact) mass is 266 g/mol. The van der Waals surface area contributed by atoms with E-state index in [1.165, 1.54) is 28.3 Å². The zero-order valence-electron chi connectivity index (χ0n) is 10.9. The summed E-state index contributed by atoms with van der Waals surface area (Å²) < 4.78 is 39.1. The molecule has 0 spiro atoms. The molecule has 0 aliphatic carbocycles. The third-order valence-corrected chi connectivity index (χ3v) is 2.84. The normalized spacial score (nSPS) is 36.4. The van der Waals surface area contributed by atoms with Gasteiger partial charge in [-0.25, -0.2) is 4.39 Å². The molecule has 0 bridgehead atoms. The third-order valence-electron chi connectivity index (χ3n) is 2.84. The molecule has 1 aliphatic rings. The van der Waals surface area contributed by atoms with E-state index in [4.69, 9.17) is 23.7 Å². The van der Waals surface area contributed by atoms with E-state index in [9.17, 15) is 9.18 Å². The Bertz CT molecular complexity index is 274. The molecule has 5 atom stereocenters. The second-order valence-electron chi connectivity index (χ2n) is 3.93. The molecule has 7 heteroatoms. The van der Waals surface area contributed by atoms with Gasteiger partial charge in [-0.1, -0.05) is 0 Å². The van der Waals surface area contributed by atoms with Crippen LogP contribution in [0.4, 0.5) is 4.39 Å². The van der Waals surface area contributed by atoms with Crippen molar-refractivity contribution in [2.45, 2.75) is 37.7 Å². The standard InChI is InChI=1S/C11H19FO6/c1-6(13)17-5-7-8(14-2)9(15-3)10(16-4)11(12)18-7/h7-11H,5H2,1-4H3/t7-,8-,9+,10+,11+/m1/s1. The van der Waals surface area contributed by atoms with E-state index < -0.39 is 36.7 Å². The molecule has 18 heavy (non-hydrogen) atoms. The number of alkyl halides is 1. The van der Waals surface area contributed by atoms with Crippen molar-refractivity contribution >= 4 is 5.97 Å². The Morgan fingerprint density at radius 2 is 1.67 bits per heavy atom. The van der Waals surface area contributed by atoms with Gasteiger partial charge in [0.25, 0.3) is 0 Å². The molecular formula is C11H19FO6. The first-order chi connectivity index (χ1) is 8.54. The number of carbonyl (C=O) groups excluding carboxylic acids is 1. The van der Waals surface area contributed by atoms with Crippen molar-refractivity contribution in [2.24, 2.45) is 0 Å². The average Bonchev–Trinajstić information content (AvgIpc) is 2.34. The zero-order chi connectivity index (χ0) is 13.7. The summed E-state index contributed by atoms with van der Waals surface area (Å²) in [6, 6.07) is 0. The van der Waals surface area contributed by atoms with Crippen LogP contribution in [0.25, 0.3) is 0 Å². The van der Waals surface area contributed by atoms with Crippen LogP contribution in [-0.2, 0) is 28.5 Å². The van der Waals surface area contributed by atoms with Crippen molar-refractivity contribution in [3.05, 3.63) is 0 Å². The molecule has 0 aromatic carbocycles. The zero-order valence-corrected chi connectivity index (χ0v) is 10.9. The minimum atomic E-state index is -1.66. The fourth-order valence-corrected chi connectivity index (χ4v) is 2.00. The van der Waals surface area contributed by atoms with E-state index in [1.54, 1.807) is 0 Å². The van der Waals surface area contributed by atoms with Crippen LogP contribution in [0.3, 0.4) is 0 Å². The van der Waals surface area contributed by atoms with Crippen molar-refractivity contribution in [1.29, 1.82) is 0 Å². The van der Waals surface area contributed by atoms with Gasteiger partial charge in [0.15, 0.2) is 0 Å². The van der Waals surface area contributed by atoms with E-state index in [0.717, 1.165) is 0 Å². The Hall–Kier alpha value is -0.760. The number of halogens is 1. The van der Waals surface area contributed by atoms with Crippen molar-refractivity contribution < 1.29 is 32.9 Å². The van der Waals surface area contributed by atoms with Crippen molar-refractivity contribution in [3.8, 4) is 0 Å². The number of methoxy groups -OCH3 is 3. The average molecular weight is 266 g/mol. The summed E-state index contributed by atoms with van der Waals surface area (Å²) in [7, 11) is 4.25. The summed E-state index contributed by atoms with van der Waals surface area (Å²) in [4.78, 5) is 10.8. The smallest absolute Gasteiger partial charge is 0.302 e. The summed E-state index contributed by atoms with van der Waals surface area (Å²) in [5, 5.41) is 0. The van der Waals surface area contributed by atoms with Crippen LogP contribution in [0, 0.1) is 0 Å². The molecule has 1 heterocycles. The van der Waals surface area contributed by atoms with Crippen LogP contribution in [0.1, 0.15) is 6.92 Å². The van der Waals surface area contributed by atoms with Crippen LogP contribution < -0.4 is 0 Å². The number of hydrogen-bond acceptors (Lipinski definition) is 6. The topological polar surface area (TPSA) is 63.2 Å². The molecule has 1 fully saturated rings. The van der Waals surface area contributed by atoms with Crippen LogP contribution >= 0.6 is 0 Å². The second kappa shape index (κ2) is 6.98. The summed E-state index contributed by atoms with van der Waals surface area (Å²) in [6.07, 6.45) is -4.48. The second-order valence-corrected chi connectivity index (χ2v) is 3.93. The van der Waals surface area contributed by atoms with Crippen molar-refractivity contribution in [3.63, 3.8) is 0 Å². The molecule has 0 aromatic rings. The molecule has 0 aromatic heterocycles. The molecule has 1 saturated heterocycles. The number of rotatable bonds is 5. The molecule has 0 amide bonds. The fraction of sp³-hybridized carbons (Fsp3) is 0.909. The third kappa shape index (κ3) is 3.38. The lowest BCUT2D eigenvalue weighted by Gasteiger charge is -2.41. The molecule has 0 saturated carbocycles. The van der Waals surface area contributed by atoms with Crippen LogP contribution in [-0.4, -0.2) is 64.7 Å². The molecule has 1 rings (SSSR count). The van der Waals surface area contributed by atoms with Gasteiger partial charge in [-0.2, -0.15) is 0 Å². The highest BCUT2D eigenvalue weighted by Gasteiger charge is 2.47. The highest BCUT2D eigenvalue weighted by Crippen LogP contribution is 2.27. The first-order valence-electron chi connectivity index (χ1n) is 5.56. The lowest BCUT2D eigenvalue weighted by atomic mass is 9.99. The molecule has 6 nitrogen and oxygen atoms in total. The summed E-state index contributed by atoms with van der Waals surface area (Å²) in [6.45, 7) is 1.17. The molecular weight excluding hydrogens is 247 g/mol. The van der Waals surface area contributed by atoms with E-state index in [0.29, 0.717) is 0 Å². The fourth-order valence-electron chi connectivity index (χ4n) is 2.00. The molecule has 0 unspecified atom stereocenters. The van der Waals surface area contributed by atoms with Crippen LogP contribution in [0.15, 0.2) is 0 Å².